The zero-order valence-electron chi connectivity index (χ0n) is 14.3. The molecule has 130 valence electrons. The van der Waals surface area contributed by atoms with Gasteiger partial charge in [0.1, 0.15) is 5.75 Å². The average Bonchev–Trinajstić information content (AvgIpc) is 2.61. The summed E-state index contributed by atoms with van der Waals surface area (Å²) in [5.41, 5.74) is 0.586. The van der Waals surface area contributed by atoms with Crippen LogP contribution in [0.25, 0.3) is 0 Å². The lowest BCUT2D eigenvalue weighted by Crippen LogP contribution is -2.40. The van der Waals surface area contributed by atoms with Gasteiger partial charge in [0.2, 0.25) is 5.91 Å². The number of hydrogen-bond donors (Lipinski definition) is 1. The number of benzene rings is 1. The van der Waals surface area contributed by atoms with E-state index in [4.69, 9.17) is 10.00 Å². The van der Waals surface area contributed by atoms with Crippen LogP contribution >= 0.6 is 0 Å². The van der Waals surface area contributed by atoms with Crippen LogP contribution < -0.4 is 4.74 Å². The summed E-state index contributed by atoms with van der Waals surface area (Å²) in [5.74, 6) is 1.22. The Morgan fingerprint density at radius 2 is 2.17 bits per heavy atom. The molecule has 1 aromatic carbocycles. The molecule has 5 nitrogen and oxygen atoms in total. The molecular weight excluding hydrogens is 304 g/mol. The van der Waals surface area contributed by atoms with Crippen LogP contribution in [0.5, 0.6) is 5.75 Å². The molecule has 1 fully saturated rings. The van der Waals surface area contributed by atoms with Gasteiger partial charge in [-0.25, -0.2) is 0 Å². The summed E-state index contributed by atoms with van der Waals surface area (Å²) >= 11 is 0. The van der Waals surface area contributed by atoms with Crippen molar-refractivity contribution in [1.29, 1.82) is 5.26 Å². The Morgan fingerprint density at radius 1 is 1.42 bits per heavy atom. The van der Waals surface area contributed by atoms with Crippen LogP contribution in [-0.4, -0.2) is 41.7 Å². The highest BCUT2D eigenvalue weighted by Gasteiger charge is 2.24. The number of unbranched alkanes of at least 4 members (excludes halogenated alkanes) is 1. The summed E-state index contributed by atoms with van der Waals surface area (Å²) in [5, 5.41) is 18.4. The molecule has 2 rings (SSSR count). The molecule has 1 unspecified atom stereocenters. The second-order valence-corrected chi connectivity index (χ2v) is 6.40. The molecule has 1 N–H and O–H groups in total. The third kappa shape index (κ3) is 5.54. The maximum atomic E-state index is 12.2. The smallest absolute Gasteiger partial charge is 0.222 e. The molecule has 0 bridgehead atoms. The molecule has 1 heterocycles. The van der Waals surface area contributed by atoms with Gasteiger partial charge in [-0.05, 0) is 56.7 Å². The van der Waals surface area contributed by atoms with Gasteiger partial charge in [-0.1, -0.05) is 6.07 Å². The number of hydrogen-bond acceptors (Lipinski definition) is 4. The molecule has 1 aliphatic heterocycles. The van der Waals surface area contributed by atoms with E-state index < -0.39 is 0 Å². The number of aliphatic hydroxyl groups is 1. The Labute approximate surface area is 143 Å². The van der Waals surface area contributed by atoms with Crippen molar-refractivity contribution >= 4 is 5.91 Å². The monoisotopic (exact) mass is 330 g/mol. The standard InChI is InChI=1S/C19H26N2O3/c1-15(22)17-8-10-21(11-9-17)19(23)7-2-3-12-24-18-6-4-5-16(13-18)14-20/h4-6,13,15,17,22H,2-3,7-12H2,1H3. The van der Waals surface area contributed by atoms with Crippen LogP contribution in [0.2, 0.25) is 0 Å². The Balaban J connectivity index is 1.60. The summed E-state index contributed by atoms with van der Waals surface area (Å²) in [4.78, 5) is 14.1. The topological polar surface area (TPSA) is 73.6 Å². The van der Waals surface area contributed by atoms with Crippen LogP contribution in [0.1, 0.15) is 44.6 Å². The molecule has 0 saturated carbocycles. The van der Waals surface area contributed by atoms with E-state index in [2.05, 4.69) is 6.07 Å². The summed E-state index contributed by atoms with van der Waals surface area (Å²) in [6, 6.07) is 9.18. The van der Waals surface area contributed by atoms with Crippen molar-refractivity contribution in [3.8, 4) is 11.8 Å². The Bertz CT molecular complexity index is 572. The second kappa shape index (κ2) is 9.29. The molecule has 24 heavy (non-hydrogen) atoms. The highest BCUT2D eigenvalue weighted by Crippen LogP contribution is 2.21. The predicted octanol–water partition coefficient (Wildman–Crippen LogP) is 2.73. The largest absolute Gasteiger partial charge is 0.494 e. The molecule has 0 spiro atoms. The van der Waals surface area contributed by atoms with Gasteiger partial charge >= 0.3 is 0 Å². The number of carbonyl (C=O) groups is 1. The minimum atomic E-state index is -0.279. The van der Waals surface area contributed by atoms with Crippen molar-refractivity contribution in [2.75, 3.05) is 19.7 Å². The minimum Gasteiger partial charge on any atom is -0.494 e. The van der Waals surface area contributed by atoms with Gasteiger partial charge in [-0.15, -0.1) is 0 Å². The summed E-state index contributed by atoms with van der Waals surface area (Å²) in [7, 11) is 0. The molecule has 1 saturated heterocycles. The number of nitrogens with zero attached hydrogens (tertiary/aromatic N) is 2. The number of nitriles is 1. The van der Waals surface area contributed by atoms with E-state index in [9.17, 15) is 9.90 Å². The molecule has 0 aromatic heterocycles. The van der Waals surface area contributed by atoms with E-state index in [1.807, 2.05) is 17.9 Å². The zero-order chi connectivity index (χ0) is 17.4. The molecule has 0 aliphatic carbocycles. The van der Waals surface area contributed by atoms with E-state index in [0.29, 0.717) is 30.3 Å². The number of rotatable bonds is 7. The van der Waals surface area contributed by atoms with Crippen molar-refractivity contribution in [2.24, 2.45) is 5.92 Å². The predicted molar refractivity (Wildman–Crippen MR) is 91.5 cm³/mol. The van der Waals surface area contributed by atoms with E-state index in [0.717, 1.165) is 38.8 Å². The van der Waals surface area contributed by atoms with E-state index >= 15 is 0 Å². The Kier molecular flexibility index (Phi) is 7.07. The quantitative estimate of drug-likeness (QED) is 0.780. The molecule has 1 aromatic rings. The molecule has 0 radical (unpaired) electrons. The lowest BCUT2D eigenvalue weighted by molar-refractivity contribution is -0.133. The maximum Gasteiger partial charge on any atom is 0.222 e. The molecular formula is C19H26N2O3. The lowest BCUT2D eigenvalue weighted by atomic mass is 9.92. The van der Waals surface area contributed by atoms with Crippen LogP contribution in [0.15, 0.2) is 24.3 Å². The number of aliphatic hydroxyl groups excluding tert-OH is 1. The fourth-order valence-electron chi connectivity index (χ4n) is 3.01. The Hall–Kier alpha value is -2.06. The molecule has 5 heteroatoms. The highest BCUT2D eigenvalue weighted by molar-refractivity contribution is 5.76. The van der Waals surface area contributed by atoms with Gasteiger partial charge in [-0.2, -0.15) is 5.26 Å². The van der Waals surface area contributed by atoms with Crippen molar-refractivity contribution in [3.05, 3.63) is 29.8 Å². The first-order chi connectivity index (χ1) is 11.6. The fourth-order valence-corrected chi connectivity index (χ4v) is 3.01. The molecule has 1 aliphatic rings. The third-order valence-corrected chi connectivity index (χ3v) is 4.59. The minimum absolute atomic E-state index is 0.200. The first-order valence-corrected chi connectivity index (χ1v) is 8.69. The first-order valence-electron chi connectivity index (χ1n) is 8.69. The third-order valence-electron chi connectivity index (χ3n) is 4.59. The number of likely N-dealkylation sites (tertiary alicyclic amines) is 1. The van der Waals surface area contributed by atoms with Gasteiger partial charge in [0, 0.05) is 19.5 Å². The molecule has 1 atom stereocenters. The van der Waals surface area contributed by atoms with Gasteiger partial charge in [0.25, 0.3) is 0 Å². The van der Waals surface area contributed by atoms with Crippen molar-refractivity contribution in [2.45, 2.75) is 45.1 Å². The van der Waals surface area contributed by atoms with Crippen LogP contribution in [0, 0.1) is 17.2 Å². The van der Waals surface area contributed by atoms with Crippen LogP contribution in [-0.2, 0) is 4.79 Å². The van der Waals surface area contributed by atoms with E-state index in [1.165, 1.54) is 0 Å². The normalized spacial score (nSPS) is 16.5. The Morgan fingerprint density at radius 3 is 2.83 bits per heavy atom. The van der Waals surface area contributed by atoms with Crippen LogP contribution in [0.3, 0.4) is 0 Å². The van der Waals surface area contributed by atoms with Crippen LogP contribution in [0.4, 0.5) is 0 Å². The maximum absolute atomic E-state index is 12.2. The zero-order valence-corrected chi connectivity index (χ0v) is 14.3. The number of ether oxygens (including phenoxy) is 1. The average molecular weight is 330 g/mol. The first kappa shape index (κ1) is 18.3. The van der Waals surface area contributed by atoms with Gasteiger partial charge in [0.15, 0.2) is 0 Å². The summed E-state index contributed by atoms with van der Waals surface area (Å²) in [6.07, 6.45) is 3.66. The number of amides is 1. The summed E-state index contributed by atoms with van der Waals surface area (Å²) < 4.78 is 5.61. The fraction of sp³-hybridized carbons (Fsp3) is 0.579. The number of piperidine rings is 1. The lowest BCUT2D eigenvalue weighted by Gasteiger charge is -2.33. The SMILES string of the molecule is CC(O)C1CCN(C(=O)CCCCOc2cccc(C#N)c2)CC1. The van der Waals surface area contributed by atoms with Gasteiger partial charge in [0.05, 0.1) is 24.3 Å². The van der Waals surface area contributed by atoms with E-state index in [1.54, 1.807) is 18.2 Å². The van der Waals surface area contributed by atoms with E-state index in [-0.39, 0.29) is 12.0 Å². The van der Waals surface area contributed by atoms with Crippen molar-refractivity contribution in [1.82, 2.24) is 4.90 Å². The number of carbonyl (C=O) groups excluding carboxylic acids is 1. The van der Waals surface area contributed by atoms with Crippen molar-refractivity contribution < 1.29 is 14.6 Å². The summed E-state index contributed by atoms with van der Waals surface area (Å²) in [6.45, 7) is 3.89. The van der Waals surface area contributed by atoms with Gasteiger partial charge in [-0.3, -0.25) is 4.79 Å². The second-order valence-electron chi connectivity index (χ2n) is 6.40. The van der Waals surface area contributed by atoms with Crippen molar-refractivity contribution in [3.63, 3.8) is 0 Å². The van der Waals surface area contributed by atoms with Gasteiger partial charge < -0.3 is 14.7 Å². The molecule has 1 amide bonds. The highest BCUT2D eigenvalue weighted by atomic mass is 16.5.